The smallest absolute Gasteiger partial charge is 0.417 e. The molecular weight excluding hydrogens is 254 g/mol. The highest BCUT2D eigenvalue weighted by molar-refractivity contribution is 6.21. The van der Waals surface area contributed by atoms with Gasteiger partial charge in [-0.3, -0.25) is 4.79 Å². The minimum absolute atomic E-state index is 0.0648. The first-order valence-electron chi connectivity index (χ1n) is 5.81. The maximum Gasteiger partial charge on any atom is 0.417 e. The van der Waals surface area contributed by atoms with E-state index in [9.17, 15) is 19.5 Å². The van der Waals surface area contributed by atoms with E-state index in [-0.39, 0.29) is 13.2 Å². The normalized spacial score (nSPS) is 15.8. The maximum atomic E-state index is 11.9. The molecule has 19 heavy (non-hydrogen) atoms. The maximum absolute atomic E-state index is 11.9. The van der Waals surface area contributed by atoms with Crippen LogP contribution in [0.3, 0.4) is 0 Å². The van der Waals surface area contributed by atoms with E-state index in [0.717, 1.165) is 0 Å². The highest BCUT2D eigenvalue weighted by Crippen LogP contribution is 2.21. The van der Waals surface area contributed by atoms with Gasteiger partial charge < -0.3 is 14.6 Å². The van der Waals surface area contributed by atoms with Crippen molar-refractivity contribution in [1.82, 2.24) is 4.90 Å². The largest absolute Gasteiger partial charge is 0.509 e. The van der Waals surface area contributed by atoms with Crippen molar-refractivity contribution < 1.29 is 29.0 Å². The molecule has 0 saturated carbocycles. The summed E-state index contributed by atoms with van der Waals surface area (Å²) in [7, 11) is 0. The fourth-order valence-electron chi connectivity index (χ4n) is 1.43. The summed E-state index contributed by atoms with van der Waals surface area (Å²) in [5, 5.41) is 9.58. The van der Waals surface area contributed by atoms with Crippen molar-refractivity contribution >= 4 is 18.0 Å². The lowest BCUT2D eigenvalue weighted by atomic mass is 10.2. The van der Waals surface area contributed by atoms with E-state index in [1.54, 1.807) is 27.7 Å². The molecule has 0 aliphatic carbocycles. The quantitative estimate of drug-likeness (QED) is 0.598. The molecule has 7 heteroatoms. The number of aliphatic hydroxyl groups is 1. The van der Waals surface area contributed by atoms with Crippen molar-refractivity contribution in [3.8, 4) is 0 Å². The van der Waals surface area contributed by atoms with Gasteiger partial charge in [-0.25, -0.2) is 14.5 Å². The Bertz CT molecular complexity index is 446. The van der Waals surface area contributed by atoms with Gasteiger partial charge in [-0.2, -0.15) is 0 Å². The van der Waals surface area contributed by atoms with Crippen LogP contribution in [0, 0.1) is 0 Å². The van der Waals surface area contributed by atoms with Crippen LogP contribution >= 0.6 is 0 Å². The lowest BCUT2D eigenvalue weighted by Crippen LogP contribution is -2.39. The number of esters is 1. The highest BCUT2D eigenvalue weighted by Gasteiger charge is 2.41. The van der Waals surface area contributed by atoms with E-state index in [1.165, 1.54) is 0 Å². The molecule has 2 amide bonds. The molecular formula is C12H17NO6. The Morgan fingerprint density at radius 2 is 1.95 bits per heavy atom. The van der Waals surface area contributed by atoms with Crippen LogP contribution in [0.25, 0.3) is 0 Å². The first kappa shape index (κ1) is 15.0. The monoisotopic (exact) mass is 271 g/mol. The molecule has 0 bridgehead atoms. The summed E-state index contributed by atoms with van der Waals surface area (Å²) < 4.78 is 9.64. The third-order valence-corrected chi connectivity index (χ3v) is 2.15. The molecule has 0 unspecified atom stereocenters. The van der Waals surface area contributed by atoms with Gasteiger partial charge >= 0.3 is 12.1 Å². The summed E-state index contributed by atoms with van der Waals surface area (Å²) in [6.07, 6.45) is -0.914. The first-order valence-corrected chi connectivity index (χ1v) is 5.81. The van der Waals surface area contributed by atoms with E-state index in [4.69, 9.17) is 4.74 Å². The van der Waals surface area contributed by atoms with Crippen LogP contribution in [-0.2, 0) is 19.1 Å². The molecule has 0 atom stereocenters. The zero-order valence-corrected chi connectivity index (χ0v) is 11.3. The summed E-state index contributed by atoms with van der Waals surface area (Å²) in [4.78, 5) is 35.7. The molecule has 106 valence electrons. The summed E-state index contributed by atoms with van der Waals surface area (Å²) in [5.74, 6) is -2.35. The van der Waals surface area contributed by atoms with E-state index in [1.807, 2.05) is 0 Å². The van der Waals surface area contributed by atoms with Gasteiger partial charge in [0.1, 0.15) is 11.4 Å². The Morgan fingerprint density at radius 3 is 2.42 bits per heavy atom. The van der Waals surface area contributed by atoms with E-state index in [0.29, 0.717) is 4.90 Å². The SMILES string of the molecule is CCOC(=O)C1=C(O)CN(C(=O)OC(C)(C)C)C1=O. The van der Waals surface area contributed by atoms with Gasteiger partial charge in [-0.1, -0.05) is 0 Å². The second-order valence-electron chi connectivity index (χ2n) is 4.91. The van der Waals surface area contributed by atoms with Gasteiger partial charge in [0.2, 0.25) is 0 Å². The number of carbonyl (C=O) groups excluding carboxylic acids is 3. The third-order valence-electron chi connectivity index (χ3n) is 2.15. The number of imide groups is 1. The molecule has 1 rings (SSSR count). The number of nitrogens with zero attached hydrogens (tertiary/aromatic N) is 1. The van der Waals surface area contributed by atoms with Crippen LogP contribution in [0.4, 0.5) is 4.79 Å². The average Bonchev–Trinajstić information content (AvgIpc) is 2.52. The topological polar surface area (TPSA) is 93.1 Å². The van der Waals surface area contributed by atoms with Crippen LogP contribution in [0.2, 0.25) is 0 Å². The first-order chi connectivity index (χ1) is 8.67. The van der Waals surface area contributed by atoms with Crippen molar-refractivity contribution in [2.24, 2.45) is 0 Å². The lowest BCUT2D eigenvalue weighted by Gasteiger charge is -2.23. The standard InChI is InChI=1S/C12H17NO6/c1-5-18-10(16)8-7(14)6-13(9(8)15)11(17)19-12(2,3)4/h14H,5-6H2,1-4H3. The van der Waals surface area contributed by atoms with Crippen molar-refractivity contribution in [3.05, 3.63) is 11.3 Å². The fraction of sp³-hybridized carbons (Fsp3) is 0.583. The third kappa shape index (κ3) is 3.46. The van der Waals surface area contributed by atoms with E-state index < -0.39 is 34.9 Å². The molecule has 1 heterocycles. The molecule has 0 fully saturated rings. The molecule has 7 nitrogen and oxygen atoms in total. The minimum atomic E-state index is -0.948. The van der Waals surface area contributed by atoms with Crippen molar-refractivity contribution in [2.75, 3.05) is 13.2 Å². The van der Waals surface area contributed by atoms with Gasteiger partial charge in [-0.05, 0) is 27.7 Å². The van der Waals surface area contributed by atoms with Gasteiger partial charge in [0.15, 0.2) is 5.57 Å². The molecule has 0 saturated heterocycles. The van der Waals surface area contributed by atoms with Crippen LogP contribution in [0.1, 0.15) is 27.7 Å². The number of hydrogen-bond donors (Lipinski definition) is 1. The summed E-state index contributed by atoms with van der Waals surface area (Å²) in [6.45, 7) is 6.18. The summed E-state index contributed by atoms with van der Waals surface area (Å²) in [6, 6.07) is 0. The zero-order valence-electron chi connectivity index (χ0n) is 11.3. The minimum Gasteiger partial charge on any atom is -0.509 e. The molecule has 1 aliphatic heterocycles. The molecule has 0 aromatic carbocycles. The van der Waals surface area contributed by atoms with Crippen LogP contribution in [0.5, 0.6) is 0 Å². The van der Waals surface area contributed by atoms with Crippen LogP contribution in [-0.4, -0.2) is 46.7 Å². The number of ether oxygens (including phenoxy) is 2. The Hall–Kier alpha value is -2.05. The molecule has 0 spiro atoms. The van der Waals surface area contributed by atoms with Gasteiger partial charge in [0.05, 0.1) is 13.2 Å². The molecule has 0 aromatic rings. The Kier molecular flexibility index (Phi) is 4.18. The van der Waals surface area contributed by atoms with Crippen molar-refractivity contribution in [3.63, 3.8) is 0 Å². The predicted octanol–water partition coefficient (Wildman–Crippen LogP) is 1.14. The molecule has 0 aromatic heterocycles. The van der Waals surface area contributed by atoms with Crippen molar-refractivity contribution in [1.29, 1.82) is 0 Å². The Balaban J connectivity index is 2.83. The van der Waals surface area contributed by atoms with Gasteiger partial charge in [-0.15, -0.1) is 0 Å². The Labute approximate surface area is 110 Å². The predicted molar refractivity (Wildman–Crippen MR) is 64.2 cm³/mol. The van der Waals surface area contributed by atoms with Crippen LogP contribution in [0.15, 0.2) is 11.3 Å². The number of carbonyl (C=O) groups is 3. The van der Waals surface area contributed by atoms with E-state index >= 15 is 0 Å². The number of amides is 2. The number of hydrogen-bond acceptors (Lipinski definition) is 6. The zero-order chi connectivity index (χ0) is 14.8. The summed E-state index contributed by atoms with van der Waals surface area (Å²) in [5.41, 5.74) is -1.30. The molecule has 1 aliphatic rings. The number of rotatable bonds is 2. The summed E-state index contributed by atoms with van der Waals surface area (Å²) >= 11 is 0. The fourth-order valence-corrected chi connectivity index (χ4v) is 1.43. The van der Waals surface area contributed by atoms with Crippen LogP contribution < -0.4 is 0 Å². The average molecular weight is 271 g/mol. The van der Waals surface area contributed by atoms with Gasteiger partial charge in [0.25, 0.3) is 5.91 Å². The van der Waals surface area contributed by atoms with Gasteiger partial charge in [0, 0.05) is 0 Å². The Morgan fingerprint density at radius 1 is 1.37 bits per heavy atom. The lowest BCUT2D eigenvalue weighted by molar-refractivity contribution is -0.141. The van der Waals surface area contributed by atoms with E-state index in [2.05, 4.69) is 4.74 Å². The molecule has 0 radical (unpaired) electrons. The second-order valence-corrected chi connectivity index (χ2v) is 4.91. The highest BCUT2D eigenvalue weighted by atomic mass is 16.6. The number of aliphatic hydroxyl groups excluding tert-OH is 1. The second kappa shape index (κ2) is 5.29. The van der Waals surface area contributed by atoms with Crippen molar-refractivity contribution in [2.45, 2.75) is 33.3 Å². The molecule has 1 N–H and O–H groups in total.